The van der Waals surface area contributed by atoms with Crippen LogP contribution in [0.3, 0.4) is 0 Å². The van der Waals surface area contributed by atoms with E-state index < -0.39 is 0 Å². The number of ether oxygens (including phenoxy) is 1. The van der Waals surface area contributed by atoms with Gasteiger partial charge in [0.15, 0.2) is 0 Å². The molecule has 3 aromatic rings. The summed E-state index contributed by atoms with van der Waals surface area (Å²) in [5.41, 5.74) is 0.974. The average Bonchev–Trinajstić information content (AvgIpc) is 3.36. The third-order valence-corrected chi connectivity index (χ3v) is 4.89. The quantitative estimate of drug-likeness (QED) is 0.615. The van der Waals surface area contributed by atoms with E-state index in [9.17, 15) is 0 Å². The summed E-state index contributed by atoms with van der Waals surface area (Å²) in [4.78, 5) is 4.58. The second-order valence-corrected chi connectivity index (χ2v) is 6.88. The Balaban J connectivity index is 1.50. The number of nitrogens with zero attached hydrogens (tertiary/aromatic N) is 2. The fourth-order valence-electron chi connectivity index (χ4n) is 3.38. The Morgan fingerprint density at radius 3 is 2.88 bits per heavy atom. The topological polar surface area (TPSA) is 60.2 Å². The number of nitrogens with one attached hydrogen (secondary N) is 1. The van der Waals surface area contributed by atoms with E-state index in [1.807, 2.05) is 12.1 Å². The highest BCUT2D eigenvalue weighted by Gasteiger charge is 2.22. The minimum atomic E-state index is 0.198. The SMILES string of the molecule is CCCCCOc1ccc2cc(-c3noc(C4CCCN4)n3)ccc2c1. The summed E-state index contributed by atoms with van der Waals surface area (Å²) >= 11 is 0. The molecule has 26 heavy (non-hydrogen) atoms. The maximum absolute atomic E-state index is 5.84. The van der Waals surface area contributed by atoms with Crippen LogP contribution in [0.4, 0.5) is 0 Å². The van der Waals surface area contributed by atoms with Gasteiger partial charge in [-0.1, -0.05) is 43.1 Å². The van der Waals surface area contributed by atoms with Crippen LogP contribution >= 0.6 is 0 Å². The van der Waals surface area contributed by atoms with Crippen LogP contribution in [0.5, 0.6) is 5.75 Å². The summed E-state index contributed by atoms with van der Waals surface area (Å²) < 4.78 is 11.3. The summed E-state index contributed by atoms with van der Waals surface area (Å²) in [5, 5.41) is 9.85. The predicted molar refractivity (Wildman–Crippen MR) is 102 cm³/mol. The van der Waals surface area contributed by atoms with E-state index in [0.717, 1.165) is 54.5 Å². The Morgan fingerprint density at radius 1 is 1.15 bits per heavy atom. The van der Waals surface area contributed by atoms with Gasteiger partial charge < -0.3 is 14.6 Å². The Hall–Kier alpha value is -2.40. The van der Waals surface area contributed by atoms with Crippen molar-refractivity contribution in [3.8, 4) is 17.1 Å². The van der Waals surface area contributed by atoms with Gasteiger partial charge in [-0.05, 0) is 54.8 Å². The molecule has 1 saturated heterocycles. The lowest BCUT2D eigenvalue weighted by Gasteiger charge is -2.07. The van der Waals surface area contributed by atoms with Gasteiger partial charge in [0.05, 0.1) is 12.6 Å². The fraction of sp³-hybridized carbons (Fsp3) is 0.429. The summed E-state index contributed by atoms with van der Waals surface area (Å²) in [7, 11) is 0. The van der Waals surface area contributed by atoms with Gasteiger partial charge in [0.1, 0.15) is 5.75 Å². The molecular weight excluding hydrogens is 326 g/mol. The van der Waals surface area contributed by atoms with Gasteiger partial charge >= 0.3 is 0 Å². The maximum Gasteiger partial charge on any atom is 0.244 e. The van der Waals surface area contributed by atoms with Crippen molar-refractivity contribution in [2.45, 2.75) is 45.1 Å². The van der Waals surface area contributed by atoms with E-state index in [2.05, 4.69) is 46.6 Å². The first-order valence-electron chi connectivity index (χ1n) is 9.57. The highest BCUT2D eigenvalue weighted by molar-refractivity contribution is 5.87. The Morgan fingerprint density at radius 2 is 2.04 bits per heavy atom. The third-order valence-electron chi connectivity index (χ3n) is 4.89. The van der Waals surface area contributed by atoms with E-state index in [-0.39, 0.29) is 6.04 Å². The number of benzene rings is 2. The molecule has 1 N–H and O–H groups in total. The monoisotopic (exact) mass is 351 g/mol. The van der Waals surface area contributed by atoms with Crippen molar-refractivity contribution in [1.82, 2.24) is 15.5 Å². The fourth-order valence-corrected chi connectivity index (χ4v) is 3.38. The standard InChI is InChI=1S/C21H25N3O2/c1-2-3-4-12-25-18-10-9-15-13-17(8-7-16(15)14-18)20-23-21(26-24-20)19-6-5-11-22-19/h7-10,13-14,19,22H,2-6,11-12H2,1H3. The molecule has 1 aromatic heterocycles. The number of hydrogen-bond donors (Lipinski definition) is 1. The molecule has 1 fully saturated rings. The molecule has 2 heterocycles. The highest BCUT2D eigenvalue weighted by Crippen LogP contribution is 2.28. The molecule has 5 nitrogen and oxygen atoms in total. The Kier molecular flexibility index (Phi) is 5.16. The van der Waals surface area contributed by atoms with E-state index in [1.54, 1.807) is 0 Å². The van der Waals surface area contributed by atoms with Crippen LogP contribution in [0, 0.1) is 0 Å². The van der Waals surface area contributed by atoms with Gasteiger partial charge in [-0.25, -0.2) is 0 Å². The highest BCUT2D eigenvalue weighted by atomic mass is 16.5. The second kappa shape index (κ2) is 7.87. The van der Waals surface area contributed by atoms with Crippen LogP contribution in [0.15, 0.2) is 40.9 Å². The molecule has 0 amide bonds. The van der Waals surface area contributed by atoms with Crippen molar-refractivity contribution >= 4 is 10.8 Å². The number of aromatic nitrogens is 2. The van der Waals surface area contributed by atoms with Gasteiger partial charge in [-0.3, -0.25) is 0 Å². The lowest BCUT2D eigenvalue weighted by molar-refractivity contribution is 0.306. The largest absolute Gasteiger partial charge is 0.494 e. The Bertz CT molecular complexity index is 869. The lowest BCUT2D eigenvalue weighted by atomic mass is 10.1. The first-order valence-corrected chi connectivity index (χ1v) is 9.57. The van der Waals surface area contributed by atoms with Crippen LogP contribution in [0.1, 0.15) is 51.0 Å². The summed E-state index contributed by atoms with van der Waals surface area (Å²) in [6.45, 7) is 3.99. The molecule has 1 unspecified atom stereocenters. The average molecular weight is 351 g/mol. The molecule has 4 rings (SSSR count). The molecule has 0 saturated carbocycles. The molecule has 136 valence electrons. The molecule has 5 heteroatoms. The predicted octanol–water partition coefficient (Wildman–Crippen LogP) is 4.88. The number of fused-ring (bicyclic) bond motifs is 1. The zero-order valence-electron chi connectivity index (χ0n) is 15.2. The number of rotatable bonds is 7. The van der Waals surface area contributed by atoms with Crippen molar-refractivity contribution in [3.63, 3.8) is 0 Å². The molecule has 1 aliphatic rings. The molecular formula is C21H25N3O2. The van der Waals surface area contributed by atoms with E-state index in [1.165, 1.54) is 12.8 Å². The second-order valence-electron chi connectivity index (χ2n) is 6.88. The maximum atomic E-state index is 5.84. The van der Waals surface area contributed by atoms with Gasteiger partial charge in [0, 0.05) is 5.56 Å². The Labute approximate surface area is 153 Å². The molecule has 2 aromatic carbocycles. The summed E-state index contributed by atoms with van der Waals surface area (Å²) in [6, 6.07) is 12.6. The van der Waals surface area contributed by atoms with Gasteiger partial charge in [0.25, 0.3) is 0 Å². The first kappa shape index (κ1) is 17.0. The number of unbranched alkanes of at least 4 members (excludes halogenated alkanes) is 2. The van der Waals surface area contributed by atoms with Crippen molar-refractivity contribution < 1.29 is 9.26 Å². The van der Waals surface area contributed by atoms with Crippen molar-refractivity contribution in [2.75, 3.05) is 13.2 Å². The van der Waals surface area contributed by atoms with Crippen LogP contribution < -0.4 is 10.1 Å². The van der Waals surface area contributed by atoms with Gasteiger partial charge in [-0.2, -0.15) is 4.98 Å². The summed E-state index contributed by atoms with van der Waals surface area (Å²) in [5.74, 6) is 2.26. The normalized spacial score (nSPS) is 17.0. The molecule has 1 atom stereocenters. The van der Waals surface area contributed by atoms with Gasteiger partial charge in [-0.15, -0.1) is 0 Å². The lowest BCUT2D eigenvalue weighted by Crippen LogP contribution is -2.12. The van der Waals surface area contributed by atoms with Gasteiger partial charge in [0.2, 0.25) is 11.7 Å². The minimum absolute atomic E-state index is 0.198. The third kappa shape index (κ3) is 3.73. The molecule has 0 spiro atoms. The zero-order chi connectivity index (χ0) is 17.8. The van der Waals surface area contributed by atoms with E-state index in [0.29, 0.717) is 11.7 Å². The molecule has 0 aliphatic carbocycles. The zero-order valence-corrected chi connectivity index (χ0v) is 15.2. The number of hydrogen-bond acceptors (Lipinski definition) is 5. The van der Waals surface area contributed by atoms with Crippen LogP contribution in [0.25, 0.3) is 22.2 Å². The molecule has 0 bridgehead atoms. The minimum Gasteiger partial charge on any atom is -0.494 e. The van der Waals surface area contributed by atoms with Crippen molar-refractivity contribution in [3.05, 3.63) is 42.3 Å². The van der Waals surface area contributed by atoms with Crippen molar-refractivity contribution in [1.29, 1.82) is 0 Å². The molecule has 0 radical (unpaired) electrons. The van der Waals surface area contributed by atoms with E-state index in [4.69, 9.17) is 9.26 Å². The summed E-state index contributed by atoms with van der Waals surface area (Å²) in [6.07, 6.45) is 5.73. The van der Waals surface area contributed by atoms with Crippen LogP contribution in [-0.4, -0.2) is 23.3 Å². The first-order chi connectivity index (χ1) is 12.8. The molecule has 1 aliphatic heterocycles. The van der Waals surface area contributed by atoms with Crippen LogP contribution in [-0.2, 0) is 0 Å². The van der Waals surface area contributed by atoms with E-state index >= 15 is 0 Å². The smallest absolute Gasteiger partial charge is 0.244 e. The van der Waals surface area contributed by atoms with Crippen molar-refractivity contribution in [2.24, 2.45) is 0 Å². The van der Waals surface area contributed by atoms with Crippen LogP contribution in [0.2, 0.25) is 0 Å².